The number of carbonyl (C=O) groups excluding carboxylic acids is 2. The van der Waals surface area contributed by atoms with E-state index in [4.69, 9.17) is 21.1 Å². The predicted molar refractivity (Wildman–Crippen MR) is 194 cm³/mol. The van der Waals surface area contributed by atoms with Crippen molar-refractivity contribution in [2.75, 3.05) is 42.8 Å². The molecule has 2 aliphatic carbocycles. The molecule has 1 aromatic heterocycles. The monoisotopic (exact) mass is 718 g/mol. The Kier molecular flexibility index (Phi) is 9.87. The second kappa shape index (κ2) is 14.3. The van der Waals surface area contributed by atoms with Crippen molar-refractivity contribution in [2.24, 2.45) is 22.1 Å². The van der Waals surface area contributed by atoms with Gasteiger partial charge in [0.25, 0.3) is 5.91 Å². The van der Waals surface area contributed by atoms with E-state index in [1.165, 1.54) is 23.5 Å². The molecule has 7 rings (SSSR count). The largest absolute Gasteiger partial charge is 0.490 e. The van der Waals surface area contributed by atoms with Gasteiger partial charge in [-0.05, 0) is 104 Å². The predicted octanol–water partition coefficient (Wildman–Crippen LogP) is 6.59. The van der Waals surface area contributed by atoms with Gasteiger partial charge in [0.15, 0.2) is 0 Å². The van der Waals surface area contributed by atoms with Gasteiger partial charge in [-0.25, -0.2) is 23.7 Å². The van der Waals surface area contributed by atoms with E-state index >= 15 is 0 Å². The third-order valence-electron chi connectivity index (χ3n) is 10.6. The third kappa shape index (κ3) is 7.24. The number of nitrogens with one attached hydrogen (secondary N) is 2. The van der Waals surface area contributed by atoms with Crippen molar-refractivity contribution >= 4 is 45.1 Å². The number of methoxy groups -OCH3 is 1. The Hall–Kier alpha value is -4.00. The maximum atomic E-state index is 14.4. The average molecular weight is 719 g/mol. The summed E-state index contributed by atoms with van der Waals surface area (Å²) >= 11 is 6.45. The van der Waals surface area contributed by atoms with Crippen molar-refractivity contribution in [2.45, 2.75) is 57.0 Å². The van der Waals surface area contributed by atoms with Crippen molar-refractivity contribution < 1.29 is 23.3 Å². The number of aromatic nitrogens is 2. The van der Waals surface area contributed by atoms with Crippen LogP contribution in [-0.4, -0.2) is 64.8 Å². The zero-order chi connectivity index (χ0) is 34.9. The second-order valence-electron chi connectivity index (χ2n) is 14.1. The number of aryl methyl sites for hydroxylation is 1. The maximum absolute atomic E-state index is 14.4. The average Bonchev–Trinajstić information content (AvgIpc) is 3.22. The first-order valence-corrected chi connectivity index (χ1v) is 19.3. The Labute approximate surface area is 298 Å². The van der Waals surface area contributed by atoms with Gasteiger partial charge in [-0.3, -0.25) is 10.1 Å². The van der Waals surface area contributed by atoms with Gasteiger partial charge in [0.1, 0.15) is 15.7 Å². The van der Waals surface area contributed by atoms with E-state index < -0.39 is 21.9 Å². The summed E-state index contributed by atoms with van der Waals surface area (Å²) in [7, 11) is -1.82. The first-order chi connectivity index (χ1) is 24.1. The van der Waals surface area contributed by atoms with Gasteiger partial charge in [0, 0.05) is 48.6 Å². The highest BCUT2D eigenvalue weighted by Gasteiger charge is 2.44. The SMILES string of the molecule is CO[C@H]1/C=C\C[C@H](C)CS(=O)(NC(=O)Nc2ncccn2)=NC(=O)c2ccc3c(c2)N(C[C@@H]2CC[C@H]21)C[C@@]1(CCCc2cc(Cl)ccc21)CO3. The van der Waals surface area contributed by atoms with Crippen molar-refractivity contribution in [3.63, 3.8) is 0 Å². The molecule has 6 atom stereocenters. The molecule has 1 spiro atoms. The van der Waals surface area contributed by atoms with Gasteiger partial charge in [-0.1, -0.05) is 36.7 Å². The quantitative estimate of drug-likeness (QED) is 0.290. The molecular weight excluding hydrogens is 676 g/mol. The number of rotatable bonds is 3. The Morgan fingerprint density at radius 1 is 1.16 bits per heavy atom. The lowest BCUT2D eigenvalue weighted by Gasteiger charge is -2.46. The molecule has 3 aromatic rings. The first kappa shape index (κ1) is 34.4. The Balaban J connectivity index is 1.28. The molecular formula is C37H43ClN6O5S. The summed E-state index contributed by atoms with van der Waals surface area (Å²) in [4.78, 5) is 37.3. The lowest BCUT2D eigenvalue weighted by molar-refractivity contribution is 0.0131. The molecule has 50 heavy (non-hydrogen) atoms. The van der Waals surface area contributed by atoms with E-state index in [-0.39, 0.29) is 34.7 Å². The summed E-state index contributed by atoms with van der Waals surface area (Å²) in [6.07, 6.45) is 12.7. The summed E-state index contributed by atoms with van der Waals surface area (Å²) in [6, 6.07) is 12.3. The number of hydrogen-bond donors (Lipinski definition) is 2. The van der Waals surface area contributed by atoms with Crippen LogP contribution in [0.5, 0.6) is 5.75 Å². The standard InChI is InChI=1S/C37H43ClN6O5S/c1-24-6-3-8-32(48-2)29-12-9-27(29)20-44-22-37(15-4-7-25-18-28(38)11-13-30(25)37)23-49-33-14-10-26(19-31(33)44)34(45)42-50(47,21-24)43-36(46)41-35-39-16-5-17-40-35/h3,5,8,10-11,13-14,16-19,24,27,29,32H,4,6-7,9,12,15,20-23H2,1-2H3,(H2,39,40,41,42,43,45,46,47)/b8-3-/t24-,27-,29+,32-,37-,50?/m0/s1. The number of nitrogens with zero attached hydrogens (tertiary/aromatic N) is 4. The number of carbonyl (C=O) groups is 2. The molecule has 0 radical (unpaired) electrons. The van der Waals surface area contributed by atoms with Crippen LogP contribution < -0.4 is 19.7 Å². The minimum atomic E-state index is -3.58. The van der Waals surface area contributed by atoms with Crippen molar-refractivity contribution in [3.05, 3.63) is 88.7 Å². The van der Waals surface area contributed by atoms with Crippen LogP contribution in [0.25, 0.3) is 0 Å². The minimum Gasteiger partial charge on any atom is -0.490 e. The molecule has 3 amide bonds. The van der Waals surface area contributed by atoms with Gasteiger partial charge >= 0.3 is 6.03 Å². The summed E-state index contributed by atoms with van der Waals surface area (Å²) in [6.45, 7) is 3.89. The van der Waals surface area contributed by atoms with Crippen LogP contribution in [0.4, 0.5) is 16.4 Å². The fourth-order valence-electron chi connectivity index (χ4n) is 8.00. The molecule has 2 aromatic carbocycles. The number of halogens is 1. The second-order valence-corrected chi connectivity index (χ2v) is 16.5. The number of allylic oxidation sites excluding steroid dienone is 1. The first-order valence-electron chi connectivity index (χ1n) is 17.3. The van der Waals surface area contributed by atoms with E-state index in [1.807, 2.05) is 19.1 Å². The normalized spacial score (nSPS) is 30.0. The molecule has 13 heteroatoms. The number of ether oxygens (including phenoxy) is 2. The molecule has 1 fully saturated rings. The van der Waals surface area contributed by atoms with Crippen molar-refractivity contribution in [3.8, 4) is 5.75 Å². The Morgan fingerprint density at radius 3 is 2.78 bits per heavy atom. The van der Waals surface area contributed by atoms with Crippen LogP contribution in [0.15, 0.2) is 71.4 Å². The zero-order valence-corrected chi connectivity index (χ0v) is 29.9. The number of hydrogen-bond acceptors (Lipinski definition) is 8. The molecule has 2 N–H and O–H groups in total. The smallest absolute Gasteiger partial charge is 0.334 e. The summed E-state index contributed by atoms with van der Waals surface area (Å²) in [5, 5.41) is 3.22. The highest BCUT2D eigenvalue weighted by atomic mass is 35.5. The molecule has 11 nitrogen and oxygen atoms in total. The molecule has 2 bridgehead atoms. The van der Waals surface area contributed by atoms with E-state index in [2.05, 4.69) is 53.6 Å². The minimum absolute atomic E-state index is 0.0377. The van der Waals surface area contributed by atoms with E-state index in [1.54, 1.807) is 25.3 Å². The van der Waals surface area contributed by atoms with Crippen LogP contribution in [-0.2, 0) is 26.5 Å². The third-order valence-corrected chi connectivity index (χ3v) is 12.8. The fourth-order valence-corrected chi connectivity index (χ4v) is 10.0. The maximum Gasteiger partial charge on any atom is 0.334 e. The number of amides is 3. The topological polar surface area (TPSA) is 135 Å². The summed E-state index contributed by atoms with van der Waals surface area (Å²) in [5.41, 5.74) is 3.33. The highest BCUT2D eigenvalue weighted by molar-refractivity contribution is 7.92. The number of urea groups is 1. The molecule has 264 valence electrons. The molecule has 3 heterocycles. The van der Waals surface area contributed by atoms with Crippen molar-refractivity contribution in [1.82, 2.24) is 14.7 Å². The number of fused-ring (bicyclic) bond motifs is 4. The van der Waals surface area contributed by atoms with Gasteiger partial charge in [-0.15, -0.1) is 4.36 Å². The summed E-state index contributed by atoms with van der Waals surface area (Å²) in [5.74, 6) is 0.542. The Morgan fingerprint density at radius 2 is 2.00 bits per heavy atom. The fraction of sp³-hybridized carbons (Fsp3) is 0.459. The number of benzene rings is 2. The Bertz CT molecular complexity index is 1920. The van der Waals surface area contributed by atoms with Crippen LogP contribution in [0.3, 0.4) is 0 Å². The number of anilines is 2. The van der Waals surface area contributed by atoms with Crippen LogP contribution >= 0.6 is 11.6 Å². The van der Waals surface area contributed by atoms with E-state index in [0.29, 0.717) is 37.2 Å². The van der Waals surface area contributed by atoms with Crippen molar-refractivity contribution in [1.29, 1.82) is 0 Å². The molecule has 2 aliphatic heterocycles. The summed E-state index contributed by atoms with van der Waals surface area (Å²) < 4.78 is 33.7. The lowest BCUT2D eigenvalue weighted by atomic mass is 9.68. The van der Waals surface area contributed by atoms with Gasteiger partial charge in [-0.2, -0.15) is 0 Å². The van der Waals surface area contributed by atoms with E-state index in [0.717, 1.165) is 49.4 Å². The zero-order valence-electron chi connectivity index (χ0n) is 28.3. The molecule has 1 unspecified atom stereocenters. The van der Waals surface area contributed by atoms with Crippen LogP contribution in [0, 0.1) is 17.8 Å². The van der Waals surface area contributed by atoms with Gasteiger partial charge in [0.05, 0.1) is 24.2 Å². The van der Waals surface area contributed by atoms with E-state index in [9.17, 15) is 13.8 Å². The van der Waals surface area contributed by atoms with Crippen LogP contribution in [0.1, 0.15) is 60.5 Å². The highest BCUT2D eigenvalue weighted by Crippen LogP contribution is 2.47. The van der Waals surface area contributed by atoms with Gasteiger partial charge in [0.2, 0.25) is 5.95 Å². The van der Waals surface area contributed by atoms with Gasteiger partial charge < -0.3 is 14.4 Å². The van der Waals surface area contributed by atoms with Crippen LogP contribution in [0.2, 0.25) is 5.02 Å². The molecule has 1 saturated carbocycles. The lowest BCUT2D eigenvalue weighted by Crippen LogP contribution is -2.49. The molecule has 0 saturated heterocycles. The molecule has 4 aliphatic rings.